The molecule has 0 saturated carbocycles. The van der Waals surface area contributed by atoms with Gasteiger partial charge in [-0.25, -0.2) is 0 Å². The number of primary amides is 1. The third kappa shape index (κ3) is 3.38. The number of amides is 1. The molecule has 0 atom stereocenters. The molecule has 2 rings (SSSR count). The Hall–Kier alpha value is -2.41. The molecule has 0 spiro atoms. The van der Waals surface area contributed by atoms with Gasteiger partial charge in [0.2, 0.25) is 0 Å². The minimum absolute atomic E-state index is 0.0447. The maximum absolute atomic E-state index is 11.4. The summed E-state index contributed by atoms with van der Waals surface area (Å²) in [4.78, 5) is 21.6. The summed E-state index contributed by atoms with van der Waals surface area (Å²) in [7, 11) is 0. The molecule has 6 nitrogen and oxygen atoms in total. The standard InChI is InChI=1S/C14H11BrN2O4/c1-8-2-4-13(11(15)6-8)21-12-5-3-9(17(19)20)7-10(12)14(16)18/h2-7H,1H3,(H2,16,18). The van der Waals surface area contributed by atoms with Crippen molar-refractivity contribution in [2.75, 3.05) is 0 Å². The first kappa shape index (κ1) is 15.0. The Morgan fingerprint density at radius 2 is 1.90 bits per heavy atom. The van der Waals surface area contributed by atoms with Crippen molar-refractivity contribution in [1.29, 1.82) is 0 Å². The number of non-ortho nitro benzene ring substituents is 1. The molecule has 0 aromatic heterocycles. The first-order chi connectivity index (χ1) is 9.88. The first-order valence-corrected chi connectivity index (χ1v) is 6.70. The van der Waals surface area contributed by atoms with Crippen molar-refractivity contribution in [3.8, 4) is 11.5 Å². The lowest BCUT2D eigenvalue weighted by Gasteiger charge is -2.11. The van der Waals surface area contributed by atoms with Gasteiger partial charge in [-0.2, -0.15) is 0 Å². The summed E-state index contributed by atoms with van der Waals surface area (Å²) < 4.78 is 6.33. The predicted molar refractivity (Wildman–Crippen MR) is 80.6 cm³/mol. The van der Waals surface area contributed by atoms with Crippen LogP contribution >= 0.6 is 15.9 Å². The van der Waals surface area contributed by atoms with Crippen LogP contribution in [0.1, 0.15) is 15.9 Å². The van der Waals surface area contributed by atoms with Crippen molar-refractivity contribution in [2.45, 2.75) is 6.92 Å². The van der Waals surface area contributed by atoms with E-state index in [9.17, 15) is 14.9 Å². The molecule has 108 valence electrons. The molecule has 2 N–H and O–H groups in total. The van der Waals surface area contributed by atoms with Gasteiger partial charge < -0.3 is 10.5 Å². The molecule has 0 aliphatic heterocycles. The molecular weight excluding hydrogens is 340 g/mol. The molecular formula is C14H11BrN2O4. The van der Waals surface area contributed by atoms with Gasteiger partial charge in [-0.3, -0.25) is 14.9 Å². The summed E-state index contributed by atoms with van der Waals surface area (Å²) in [6.07, 6.45) is 0. The van der Waals surface area contributed by atoms with E-state index in [0.717, 1.165) is 11.6 Å². The molecule has 0 bridgehead atoms. The lowest BCUT2D eigenvalue weighted by Crippen LogP contribution is -2.12. The molecule has 0 saturated heterocycles. The second-order valence-corrected chi connectivity index (χ2v) is 5.19. The molecule has 2 aromatic carbocycles. The predicted octanol–water partition coefficient (Wildman–Crippen LogP) is 3.56. The summed E-state index contributed by atoms with van der Waals surface area (Å²) in [5.74, 6) is -0.147. The van der Waals surface area contributed by atoms with Gasteiger partial charge in [0.05, 0.1) is 15.0 Å². The van der Waals surface area contributed by atoms with Crippen LogP contribution in [0.4, 0.5) is 5.69 Å². The third-order valence-electron chi connectivity index (χ3n) is 2.75. The normalized spacial score (nSPS) is 10.2. The number of nitrogens with two attached hydrogens (primary N) is 1. The quantitative estimate of drug-likeness (QED) is 0.673. The second kappa shape index (κ2) is 5.92. The van der Waals surface area contributed by atoms with Crippen LogP contribution in [0.5, 0.6) is 11.5 Å². The van der Waals surface area contributed by atoms with Crippen LogP contribution in [0.3, 0.4) is 0 Å². The average molecular weight is 351 g/mol. The zero-order valence-corrected chi connectivity index (χ0v) is 12.6. The van der Waals surface area contributed by atoms with Crippen molar-refractivity contribution in [3.05, 3.63) is 62.1 Å². The number of carbonyl (C=O) groups is 1. The molecule has 0 aliphatic carbocycles. The summed E-state index contributed by atoms with van der Waals surface area (Å²) >= 11 is 3.35. The number of nitro benzene ring substituents is 1. The average Bonchev–Trinajstić information content (AvgIpc) is 2.41. The lowest BCUT2D eigenvalue weighted by molar-refractivity contribution is -0.384. The molecule has 0 unspecified atom stereocenters. The number of halogens is 1. The number of nitro groups is 1. The molecule has 1 amide bonds. The highest BCUT2D eigenvalue weighted by Gasteiger charge is 2.17. The van der Waals surface area contributed by atoms with Gasteiger partial charge in [-0.05, 0) is 46.6 Å². The van der Waals surface area contributed by atoms with E-state index in [1.165, 1.54) is 12.1 Å². The molecule has 0 radical (unpaired) electrons. The second-order valence-electron chi connectivity index (χ2n) is 4.34. The maximum Gasteiger partial charge on any atom is 0.270 e. The Labute approximate surface area is 128 Å². The Morgan fingerprint density at radius 3 is 2.48 bits per heavy atom. The van der Waals surface area contributed by atoms with Gasteiger partial charge in [0.15, 0.2) is 0 Å². The van der Waals surface area contributed by atoms with E-state index in [2.05, 4.69) is 15.9 Å². The van der Waals surface area contributed by atoms with Gasteiger partial charge in [0.1, 0.15) is 11.5 Å². The Morgan fingerprint density at radius 1 is 1.24 bits per heavy atom. The smallest absolute Gasteiger partial charge is 0.270 e. The molecule has 7 heteroatoms. The topological polar surface area (TPSA) is 95.5 Å². The SMILES string of the molecule is Cc1ccc(Oc2ccc([N+](=O)[O-])cc2C(N)=O)c(Br)c1. The van der Waals surface area contributed by atoms with Gasteiger partial charge in [-0.15, -0.1) is 0 Å². The van der Waals surface area contributed by atoms with Crippen LogP contribution in [0, 0.1) is 17.0 Å². The summed E-state index contributed by atoms with van der Waals surface area (Å²) in [6, 6.07) is 9.12. The number of hydrogen-bond donors (Lipinski definition) is 1. The third-order valence-corrected chi connectivity index (χ3v) is 3.37. The lowest BCUT2D eigenvalue weighted by atomic mass is 10.1. The molecule has 2 aromatic rings. The van der Waals surface area contributed by atoms with Crippen molar-refractivity contribution >= 4 is 27.5 Å². The Bertz CT molecular complexity index is 731. The zero-order valence-electron chi connectivity index (χ0n) is 11.0. The van der Waals surface area contributed by atoms with Crippen LogP contribution in [-0.2, 0) is 0 Å². The number of benzene rings is 2. The summed E-state index contributed by atoms with van der Waals surface area (Å²) in [5, 5.41) is 10.7. The Kier molecular flexibility index (Phi) is 4.23. The summed E-state index contributed by atoms with van der Waals surface area (Å²) in [5.41, 5.74) is 6.01. The van der Waals surface area contributed by atoms with Gasteiger partial charge in [-0.1, -0.05) is 6.07 Å². The molecule has 0 aliphatic rings. The van der Waals surface area contributed by atoms with E-state index in [1.807, 2.05) is 19.1 Å². The van der Waals surface area contributed by atoms with E-state index in [4.69, 9.17) is 10.5 Å². The fourth-order valence-corrected chi connectivity index (χ4v) is 2.29. The van der Waals surface area contributed by atoms with E-state index >= 15 is 0 Å². The number of nitrogens with zero attached hydrogens (tertiary/aromatic N) is 1. The van der Waals surface area contributed by atoms with Crippen molar-refractivity contribution in [1.82, 2.24) is 0 Å². The van der Waals surface area contributed by atoms with Crippen LogP contribution in [0.2, 0.25) is 0 Å². The van der Waals surface area contributed by atoms with Crippen LogP contribution in [0.15, 0.2) is 40.9 Å². The molecule has 0 heterocycles. The van der Waals surface area contributed by atoms with Crippen LogP contribution in [-0.4, -0.2) is 10.8 Å². The Balaban J connectivity index is 2.44. The van der Waals surface area contributed by atoms with Gasteiger partial charge in [0.25, 0.3) is 11.6 Å². The van der Waals surface area contributed by atoms with Crippen molar-refractivity contribution < 1.29 is 14.5 Å². The highest BCUT2D eigenvalue weighted by Crippen LogP contribution is 2.33. The monoisotopic (exact) mass is 350 g/mol. The van der Waals surface area contributed by atoms with Gasteiger partial charge >= 0.3 is 0 Å². The minimum atomic E-state index is -0.795. The number of rotatable bonds is 4. The number of hydrogen-bond acceptors (Lipinski definition) is 4. The van der Waals surface area contributed by atoms with E-state index < -0.39 is 10.8 Å². The number of aryl methyl sites for hydroxylation is 1. The number of carbonyl (C=O) groups excluding carboxylic acids is 1. The zero-order chi connectivity index (χ0) is 15.6. The van der Waals surface area contributed by atoms with E-state index in [0.29, 0.717) is 10.2 Å². The first-order valence-electron chi connectivity index (χ1n) is 5.90. The van der Waals surface area contributed by atoms with E-state index in [1.54, 1.807) is 6.07 Å². The molecule has 0 fully saturated rings. The highest BCUT2D eigenvalue weighted by molar-refractivity contribution is 9.10. The largest absolute Gasteiger partial charge is 0.455 e. The minimum Gasteiger partial charge on any atom is -0.455 e. The van der Waals surface area contributed by atoms with Crippen molar-refractivity contribution in [2.24, 2.45) is 5.73 Å². The van der Waals surface area contributed by atoms with Crippen LogP contribution in [0.25, 0.3) is 0 Å². The number of ether oxygens (including phenoxy) is 1. The fraction of sp³-hybridized carbons (Fsp3) is 0.0714. The maximum atomic E-state index is 11.4. The van der Waals surface area contributed by atoms with Gasteiger partial charge in [0, 0.05) is 12.1 Å². The fourth-order valence-electron chi connectivity index (χ4n) is 1.72. The van der Waals surface area contributed by atoms with E-state index in [-0.39, 0.29) is 17.0 Å². The highest BCUT2D eigenvalue weighted by atomic mass is 79.9. The summed E-state index contributed by atoms with van der Waals surface area (Å²) in [6.45, 7) is 1.93. The van der Waals surface area contributed by atoms with Crippen LogP contribution < -0.4 is 10.5 Å². The molecule has 21 heavy (non-hydrogen) atoms. The van der Waals surface area contributed by atoms with Crippen molar-refractivity contribution in [3.63, 3.8) is 0 Å².